The molecule has 2 aliphatic heterocycles. The van der Waals surface area contributed by atoms with Gasteiger partial charge in [-0.1, -0.05) is 0 Å². The van der Waals surface area contributed by atoms with Crippen LogP contribution in [0.15, 0.2) is 0 Å². The van der Waals surface area contributed by atoms with Crippen LogP contribution in [-0.4, -0.2) is 62.7 Å². The quantitative estimate of drug-likeness (QED) is 0.738. The van der Waals surface area contributed by atoms with E-state index in [9.17, 15) is 0 Å². The van der Waals surface area contributed by atoms with Crippen LogP contribution in [0.25, 0.3) is 0 Å². The SMILES string of the molecule is CN1CCC(N(C)CC2CCNCC2)C1. The van der Waals surface area contributed by atoms with Gasteiger partial charge in [0.15, 0.2) is 0 Å². The van der Waals surface area contributed by atoms with Crippen LogP contribution >= 0.6 is 0 Å². The summed E-state index contributed by atoms with van der Waals surface area (Å²) in [6.45, 7) is 6.30. The van der Waals surface area contributed by atoms with Crippen molar-refractivity contribution in [3.05, 3.63) is 0 Å². The van der Waals surface area contributed by atoms with Crippen LogP contribution < -0.4 is 5.32 Å². The molecule has 0 aromatic heterocycles. The highest BCUT2D eigenvalue weighted by molar-refractivity contribution is 4.82. The second kappa shape index (κ2) is 5.28. The van der Waals surface area contributed by atoms with Crippen molar-refractivity contribution in [1.29, 1.82) is 0 Å². The van der Waals surface area contributed by atoms with Crippen molar-refractivity contribution < 1.29 is 0 Å². The van der Waals surface area contributed by atoms with Crippen molar-refractivity contribution in [3.8, 4) is 0 Å². The molecule has 3 nitrogen and oxygen atoms in total. The zero-order valence-corrected chi connectivity index (χ0v) is 10.2. The van der Waals surface area contributed by atoms with E-state index in [2.05, 4.69) is 29.2 Å². The molecule has 0 aromatic rings. The molecule has 0 saturated carbocycles. The van der Waals surface area contributed by atoms with Gasteiger partial charge in [0.1, 0.15) is 0 Å². The first kappa shape index (κ1) is 11.4. The highest BCUT2D eigenvalue weighted by atomic mass is 15.2. The lowest BCUT2D eigenvalue weighted by atomic mass is 9.97. The van der Waals surface area contributed by atoms with E-state index in [4.69, 9.17) is 0 Å². The molecular weight excluding hydrogens is 186 g/mol. The van der Waals surface area contributed by atoms with Gasteiger partial charge in [-0.2, -0.15) is 0 Å². The molecule has 2 saturated heterocycles. The molecule has 0 amide bonds. The van der Waals surface area contributed by atoms with Gasteiger partial charge in [0.25, 0.3) is 0 Å². The van der Waals surface area contributed by atoms with Crippen molar-refractivity contribution in [2.75, 3.05) is 46.8 Å². The Hall–Kier alpha value is -0.120. The van der Waals surface area contributed by atoms with E-state index in [1.54, 1.807) is 0 Å². The van der Waals surface area contributed by atoms with Crippen LogP contribution in [0.5, 0.6) is 0 Å². The van der Waals surface area contributed by atoms with Crippen molar-refractivity contribution in [2.24, 2.45) is 5.92 Å². The fourth-order valence-corrected chi connectivity index (χ4v) is 2.89. The van der Waals surface area contributed by atoms with Gasteiger partial charge in [-0.05, 0) is 58.9 Å². The summed E-state index contributed by atoms with van der Waals surface area (Å²) in [5, 5.41) is 3.44. The first-order chi connectivity index (χ1) is 7.25. The van der Waals surface area contributed by atoms with E-state index in [0.717, 1.165) is 12.0 Å². The molecular formula is C12H25N3. The predicted octanol–water partition coefficient (Wildman–Crippen LogP) is 0.622. The third kappa shape index (κ3) is 3.16. The minimum atomic E-state index is 0.810. The number of piperidine rings is 1. The van der Waals surface area contributed by atoms with Crippen LogP contribution in [-0.2, 0) is 0 Å². The molecule has 1 atom stereocenters. The third-order valence-corrected chi connectivity index (χ3v) is 3.99. The topological polar surface area (TPSA) is 18.5 Å². The lowest BCUT2D eigenvalue weighted by Gasteiger charge is -2.31. The first-order valence-corrected chi connectivity index (χ1v) is 6.35. The summed E-state index contributed by atoms with van der Waals surface area (Å²) < 4.78 is 0. The summed E-state index contributed by atoms with van der Waals surface area (Å²) >= 11 is 0. The van der Waals surface area contributed by atoms with Crippen LogP contribution in [0, 0.1) is 5.92 Å². The maximum atomic E-state index is 3.44. The smallest absolute Gasteiger partial charge is 0.0232 e. The largest absolute Gasteiger partial charge is 0.317 e. The van der Waals surface area contributed by atoms with E-state index < -0.39 is 0 Å². The van der Waals surface area contributed by atoms with Crippen LogP contribution in [0.2, 0.25) is 0 Å². The van der Waals surface area contributed by atoms with E-state index in [0.29, 0.717) is 0 Å². The molecule has 15 heavy (non-hydrogen) atoms. The van der Waals surface area contributed by atoms with E-state index >= 15 is 0 Å². The molecule has 0 spiro atoms. The fraction of sp³-hybridized carbons (Fsp3) is 1.00. The van der Waals surface area contributed by atoms with Gasteiger partial charge in [-0.15, -0.1) is 0 Å². The van der Waals surface area contributed by atoms with Gasteiger partial charge in [0.05, 0.1) is 0 Å². The number of hydrogen-bond acceptors (Lipinski definition) is 3. The third-order valence-electron chi connectivity index (χ3n) is 3.99. The average molecular weight is 211 g/mol. The molecule has 2 rings (SSSR count). The number of rotatable bonds is 3. The Balaban J connectivity index is 1.73. The number of likely N-dealkylation sites (tertiary alicyclic amines) is 1. The summed E-state index contributed by atoms with van der Waals surface area (Å²) in [4.78, 5) is 5.04. The van der Waals surface area contributed by atoms with Gasteiger partial charge < -0.3 is 15.1 Å². The van der Waals surface area contributed by atoms with Gasteiger partial charge in [0.2, 0.25) is 0 Å². The monoisotopic (exact) mass is 211 g/mol. The lowest BCUT2D eigenvalue weighted by molar-refractivity contribution is 0.187. The number of nitrogens with zero attached hydrogens (tertiary/aromatic N) is 2. The van der Waals surface area contributed by atoms with Crippen molar-refractivity contribution >= 4 is 0 Å². The summed E-state index contributed by atoms with van der Waals surface area (Å²) in [5.41, 5.74) is 0. The Morgan fingerprint density at radius 2 is 2.00 bits per heavy atom. The Labute approximate surface area is 93.8 Å². The lowest BCUT2D eigenvalue weighted by Crippen LogP contribution is -2.40. The molecule has 0 aromatic carbocycles. The normalized spacial score (nSPS) is 30.2. The van der Waals surface area contributed by atoms with Crippen molar-refractivity contribution in [1.82, 2.24) is 15.1 Å². The summed E-state index contributed by atoms with van der Waals surface area (Å²) in [6.07, 6.45) is 4.10. The van der Waals surface area contributed by atoms with E-state index in [1.807, 2.05) is 0 Å². The van der Waals surface area contributed by atoms with Gasteiger partial charge in [-0.3, -0.25) is 0 Å². The molecule has 0 bridgehead atoms. The molecule has 2 heterocycles. The van der Waals surface area contributed by atoms with Gasteiger partial charge >= 0.3 is 0 Å². The molecule has 1 unspecified atom stereocenters. The second-order valence-electron chi connectivity index (χ2n) is 5.34. The molecule has 1 N–H and O–H groups in total. The summed E-state index contributed by atoms with van der Waals surface area (Å²) in [5.74, 6) is 0.933. The number of likely N-dealkylation sites (N-methyl/N-ethyl adjacent to an activating group) is 2. The Kier molecular flexibility index (Phi) is 4.00. The molecule has 88 valence electrons. The van der Waals surface area contributed by atoms with Crippen molar-refractivity contribution in [3.63, 3.8) is 0 Å². The van der Waals surface area contributed by atoms with Crippen molar-refractivity contribution in [2.45, 2.75) is 25.3 Å². The number of hydrogen-bond donors (Lipinski definition) is 1. The molecule has 3 heteroatoms. The first-order valence-electron chi connectivity index (χ1n) is 6.35. The zero-order valence-electron chi connectivity index (χ0n) is 10.2. The molecule has 0 aliphatic carbocycles. The Morgan fingerprint density at radius 1 is 1.27 bits per heavy atom. The predicted molar refractivity (Wildman–Crippen MR) is 64.1 cm³/mol. The average Bonchev–Trinajstić information content (AvgIpc) is 2.66. The maximum Gasteiger partial charge on any atom is 0.0232 e. The molecule has 2 fully saturated rings. The summed E-state index contributed by atoms with van der Waals surface area (Å²) in [7, 11) is 4.55. The molecule has 2 aliphatic rings. The summed E-state index contributed by atoms with van der Waals surface area (Å²) in [6, 6.07) is 0.810. The maximum absolute atomic E-state index is 3.44. The minimum Gasteiger partial charge on any atom is -0.317 e. The van der Waals surface area contributed by atoms with Gasteiger partial charge in [-0.25, -0.2) is 0 Å². The highest BCUT2D eigenvalue weighted by Gasteiger charge is 2.25. The van der Waals surface area contributed by atoms with Gasteiger partial charge in [0, 0.05) is 19.1 Å². The van der Waals surface area contributed by atoms with E-state index in [-0.39, 0.29) is 0 Å². The number of nitrogens with one attached hydrogen (secondary N) is 1. The highest BCUT2D eigenvalue weighted by Crippen LogP contribution is 2.18. The Morgan fingerprint density at radius 3 is 2.60 bits per heavy atom. The van der Waals surface area contributed by atoms with Crippen LogP contribution in [0.4, 0.5) is 0 Å². The second-order valence-corrected chi connectivity index (χ2v) is 5.34. The molecule has 0 radical (unpaired) electrons. The standard InChI is InChI=1S/C12H25N3/c1-14-8-5-12(10-14)15(2)9-11-3-6-13-7-4-11/h11-13H,3-10H2,1-2H3. The minimum absolute atomic E-state index is 0.810. The van der Waals surface area contributed by atoms with Crippen LogP contribution in [0.3, 0.4) is 0 Å². The van der Waals surface area contributed by atoms with E-state index in [1.165, 1.54) is 52.0 Å². The zero-order chi connectivity index (χ0) is 10.7. The Bertz CT molecular complexity index is 189. The fourth-order valence-electron chi connectivity index (χ4n) is 2.89. The van der Waals surface area contributed by atoms with Crippen LogP contribution in [0.1, 0.15) is 19.3 Å².